The van der Waals surface area contributed by atoms with Gasteiger partial charge < -0.3 is 15.1 Å². The maximum absolute atomic E-state index is 12.4. The molecule has 2 aliphatic rings. The fourth-order valence-corrected chi connectivity index (χ4v) is 3.50. The number of carbonyl (C=O) groups is 1. The number of nitrogens with zero attached hydrogens (tertiary/aromatic N) is 6. The van der Waals surface area contributed by atoms with Crippen LogP contribution in [-0.2, 0) is 6.54 Å². The van der Waals surface area contributed by atoms with Gasteiger partial charge in [0.2, 0.25) is 0 Å². The average Bonchev–Trinajstić information content (AvgIpc) is 3.26. The first-order valence-corrected chi connectivity index (χ1v) is 9.07. The summed E-state index contributed by atoms with van der Waals surface area (Å²) in [7, 11) is 0. The summed E-state index contributed by atoms with van der Waals surface area (Å²) in [5.41, 5.74) is 0. The van der Waals surface area contributed by atoms with E-state index in [0.29, 0.717) is 6.04 Å². The van der Waals surface area contributed by atoms with E-state index in [9.17, 15) is 4.79 Å². The van der Waals surface area contributed by atoms with Crippen molar-refractivity contribution < 1.29 is 4.79 Å². The van der Waals surface area contributed by atoms with E-state index >= 15 is 0 Å². The van der Waals surface area contributed by atoms with Crippen molar-refractivity contribution in [1.29, 1.82) is 0 Å². The summed E-state index contributed by atoms with van der Waals surface area (Å²) in [6, 6.07) is 0.420. The number of piperazine rings is 1. The molecule has 24 heavy (non-hydrogen) atoms. The molecule has 134 valence electrons. The third-order valence-electron chi connectivity index (χ3n) is 4.91. The summed E-state index contributed by atoms with van der Waals surface area (Å²) < 4.78 is 1.85. The summed E-state index contributed by atoms with van der Waals surface area (Å²) in [5.74, 6) is 0. The minimum absolute atomic E-state index is 0.106. The Morgan fingerprint density at radius 3 is 2.67 bits per heavy atom. The van der Waals surface area contributed by atoms with Crippen LogP contribution in [0.3, 0.4) is 0 Å². The predicted molar refractivity (Wildman–Crippen MR) is 91.7 cm³/mol. The first-order chi connectivity index (χ1) is 11.7. The molecule has 0 radical (unpaired) electrons. The molecule has 0 saturated carbocycles. The molecule has 2 amide bonds. The number of urea groups is 1. The SMILES string of the molecule is CCCN1CC[C@H](NC(=O)N2CCN(CCn3cncn3)CC2)C1. The van der Waals surface area contributed by atoms with Gasteiger partial charge in [-0.2, -0.15) is 5.10 Å². The Hall–Kier alpha value is -1.67. The molecule has 2 saturated heterocycles. The minimum Gasteiger partial charge on any atom is -0.334 e. The van der Waals surface area contributed by atoms with Gasteiger partial charge in [-0.3, -0.25) is 9.58 Å². The molecule has 1 aromatic rings. The fourth-order valence-electron chi connectivity index (χ4n) is 3.50. The van der Waals surface area contributed by atoms with Crippen LogP contribution in [0.2, 0.25) is 0 Å². The third kappa shape index (κ3) is 4.67. The zero-order valence-corrected chi connectivity index (χ0v) is 14.6. The van der Waals surface area contributed by atoms with Crippen molar-refractivity contribution in [2.24, 2.45) is 0 Å². The van der Waals surface area contributed by atoms with Crippen LogP contribution in [0, 0.1) is 0 Å². The fraction of sp³-hybridized carbons (Fsp3) is 0.812. The van der Waals surface area contributed by atoms with E-state index < -0.39 is 0 Å². The van der Waals surface area contributed by atoms with E-state index in [1.807, 2.05) is 9.58 Å². The van der Waals surface area contributed by atoms with Crippen molar-refractivity contribution in [2.45, 2.75) is 32.4 Å². The molecule has 2 fully saturated rings. The van der Waals surface area contributed by atoms with Gasteiger partial charge >= 0.3 is 6.03 Å². The van der Waals surface area contributed by atoms with Gasteiger partial charge in [0, 0.05) is 51.9 Å². The predicted octanol–water partition coefficient (Wildman–Crippen LogP) is 0.0896. The molecule has 0 bridgehead atoms. The molecule has 2 aliphatic heterocycles. The van der Waals surface area contributed by atoms with E-state index in [4.69, 9.17) is 0 Å². The second-order valence-corrected chi connectivity index (χ2v) is 6.72. The molecular weight excluding hydrogens is 306 g/mol. The van der Waals surface area contributed by atoms with E-state index in [0.717, 1.165) is 65.3 Å². The van der Waals surface area contributed by atoms with Crippen LogP contribution >= 0.6 is 0 Å². The average molecular weight is 335 g/mol. The van der Waals surface area contributed by atoms with Crippen LogP contribution in [0.4, 0.5) is 4.79 Å². The highest BCUT2D eigenvalue weighted by molar-refractivity contribution is 5.74. The Balaban J connectivity index is 1.34. The number of hydrogen-bond donors (Lipinski definition) is 1. The van der Waals surface area contributed by atoms with Crippen molar-refractivity contribution in [1.82, 2.24) is 34.8 Å². The molecule has 0 spiro atoms. The second-order valence-electron chi connectivity index (χ2n) is 6.72. The summed E-state index contributed by atoms with van der Waals surface area (Å²) >= 11 is 0. The molecule has 0 aromatic carbocycles. The lowest BCUT2D eigenvalue weighted by Crippen LogP contribution is -2.54. The normalized spacial score (nSPS) is 22.9. The Morgan fingerprint density at radius 2 is 1.96 bits per heavy atom. The monoisotopic (exact) mass is 335 g/mol. The van der Waals surface area contributed by atoms with Crippen LogP contribution in [0.1, 0.15) is 19.8 Å². The highest BCUT2D eigenvalue weighted by Gasteiger charge is 2.26. The van der Waals surface area contributed by atoms with Gasteiger partial charge in [0.25, 0.3) is 0 Å². The van der Waals surface area contributed by atoms with Gasteiger partial charge in [0.15, 0.2) is 0 Å². The first-order valence-electron chi connectivity index (χ1n) is 9.07. The van der Waals surface area contributed by atoms with Crippen molar-refractivity contribution in [2.75, 3.05) is 52.4 Å². The van der Waals surface area contributed by atoms with E-state index in [-0.39, 0.29) is 6.03 Å². The van der Waals surface area contributed by atoms with Gasteiger partial charge in [0.1, 0.15) is 12.7 Å². The Labute approximate surface area is 143 Å². The summed E-state index contributed by atoms with van der Waals surface area (Å²) in [4.78, 5) is 23.2. The lowest BCUT2D eigenvalue weighted by molar-refractivity contribution is 0.134. The molecule has 3 rings (SSSR count). The molecule has 1 aromatic heterocycles. The minimum atomic E-state index is 0.106. The largest absolute Gasteiger partial charge is 0.334 e. The highest BCUT2D eigenvalue weighted by atomic mass is 16.2. The Bertz CT molecular complexity index is 499. The molecule has 3 heterocycles. The van der Waals surface area contributed by atoms with Gasteiger partial charge in [-0.1, -0.05) is 6.92 Å². The van der Waals surface area contributed by atoms with Gasteiger partial charge in [0.05, 0.1) is 6.54 Å². The number of nitrogens with one attached hydrogen (secondary N) is 1. The van der Waals surface area contributed by atoms with E-state index in [2.05, 4.69) is 32.1 Å². The molecule has 1 atom stereocenters. The molecule has 8 heteroatoms. The van der Waals surface area contributed by atoms with Crippen LogP contribution in [-0.4, -0.2) is 93.9 Å². The Kier molecular flexibility index (Phi) is 6.03. The van der Waals surface area contributed by atoms with E-state index in [1.54, 1.807) is 12.7 Å². The van der Waals surface area contributed by atoms with Crippen LogP contribution in [0.15, 0.2) is 12.7 Å². The molecular formula is C16H29N7O. The lowest BCUT2D eigenvalue weighted by Gasteiger charge is -2.35. The standard InChI is InChI=1S/C16H29N7O/c1-2-4-21-5-3-15(12-21)19-16(24)22-9-6-20(7-10-22)8-11-23-14-17-13-18-23/h13-15H,2-12H2,1H3,(H,19,24)/t15-/m0/s1. The maximum Gasteiger partial charge on any atom is 0.317 e. The van der Waals surface area contributed by atoms with Crippen LogP contribution in [0.25, 0.3) is 0 Å². The first kappa shape index (κ1) is 17.2. The smallest absolute Gasteiger partial charge is 0.317 e. The number of hydrogen-bond acceptors (Lipinski definition) is 5. The van der Waals surface area contributed by atoms with Crippen molar-refractivity contribution in [3.05, 3.63) is 12.7 Å². The molecule has 0 unspecified atom stereocenters. The quantitative estimate of drug-likeness (QED) is 0.798. The van der Waals surface area contributed by atoms with Gasteiger partial charge in [-0.25, -0.2) is 9.78 Å². The number of carbonyl (C=O) groups excluding carboxylic acids is 1. The highest BCUT2D eigenvalue weighted by Crippen LogP contribution is 2.10. The summed E-state index contributed by atoms with van der Waals surface area (Å²) in [5, 5.41) is 7.33. The maximum atomic E-state index is 12.4. The topological polar surface area (TPSA) is 69.5 Å². The van der Waals surface area contributed by atoms with E-state index in [1.165, 1.54) is 6.42 Å². The lowest BCUT2D eigenvalue weighted by atomic mass is 10.2. The molecule has 0 aliphatic carbocycles. The van der Waals surface area contributed by atoms with Crippen molar-refractivity contribution >= 4 is 6.03 Å². The number of aromatic nitrogens is 3. The Morgan fingerprint density at radius 1 is 1.12 bits per heavy atom. The molecule has 1 N–H and O–H groups in total. The van der Waals surface area contributed by atoms with Crippen LogP contribution < -0.4 is 5.32 Å². The number of amides is 2. The van der Waals surface area contributed by atoms with Gasteiger partial charge in [-0.15, -0.1) is 0 Å². The zero-order chi connectivity index (χ0) is 16.8. The zero-order valence-electron chi connectivity index (χ0n) is 14.6. The van der Waals surface area contributed by atoms with Crippen LogP contribution in [0.5, 0.6) is 0 Å². The van der Waals surface area contributed by atoms with Gasteiger partial charge in [-0.05, 0) is 19.4 Å². The molecule has 8 nitrogen and oxygen atoms in total. The third-order valence-corrected chi connectivity index (χ3v) is 4.91. The number of likely N-dealkylation sites (tertiary alicyclic amines) is 1. The second kappa shape index (κ2) is 8.43. The summed E-state index contributed by atoms with van der Waals surface area (Å²) in [6.45, 7) is 10.7. The van der Waals surface area contributed by atoms with Crippen molar-refractivity contribution in [3.63, 3.8) is 0 Å². The summed E-state index contributed by atoms with van der Waals surface area (Å²) in [6.07, 6.45) is 5.56. The number of rotatable bonds is 6. The van der Waals surface area contributed by atoms with Crippen molar-refractivity contribution in [3.8, 4) is 0 Å².